The Morgan fingerprint density at radius 2 is 2.04 bits per heavy atom. The average Bonchev–Trinajstić information content (AvgIpc) is 3.04. The standard InChI is InChI=1S/C19H29N5O2/c1-16-5-3-7-24-14-17(21-19(16)24)13-22-8-10-23(11-9-22)15-18(25)20-6-4-12-26-2/h3,5,7,14H,4,6,8-13,15H2,1-2H3,(H,20,25). The number of rotatable bonds is 8. The number of aryl methyl sites for hydroxylation is 1. The zero-order chi connectivity index (χ0) is 18.4. The van der Waals surface area contributed by atoms with Crippen LogP contribution in [0.1, 0.15) is 17.7 Å². The number of piperazine rings is 1. The molecule has 0 saturated carbocycles. The second-order valence-corrected chi connectivity index (χ2v) is 6.90. The minimum absolute atomic E-state index is 0.102. The first-order valence-corrected chi connectivity index (χ1v) is 9.29. The van der Waals surface area contributed by atoms with Crippen LogP contribution in [-0.2, 0) is 16.1 Å². The molecule has 1 aliphatic rings. The minimum Gasteiger partial charge on any atom is -0.385 e. The fourth-order valence-electron chi connectivity index (χ4n) is 3.32. The van der Waals surface area contributed by atoms with Crippen molar-refractivity contribution in [2.24, 2.45) is 0 Å². The van der Waals surface area contributed by atoms with Gasteiger partial charge in [-0.25, -0.2) is 4.98 Å². The molecule has 0 aromatic carbocycles. The van der Waals surface area contributed by atoms with Crippen LogP contribution in [0.5, 0.6) is 0 Å². The molecule has 3 heterocycles. The lowest BCUT2D eigenvalue weighted by Crippen LogP contribution is -2.49. The van der Waals surface area contributed by atoms with Crippen molar-refractivity contribution in [3.63, 3.8) is 0 Å². The molecule has 1 fully saturated rings. The number of carbonyl (C=O) groups is 1. The number of ether oxygens (including phenoxy) is 1. The number of nitrogens with one attached hydrogen (secondary N) is 1. The monoisotopic (exact) mass is 359 g/mol. The molecule has 0 atom stereocenters. The topological polar surface area (TPSA) is 62.1 Å². The third-order valence-corrected chi connectivity index (χ3v) is 4.79. The Labute approximate surface area is 154 Å². The molecule has 1 aliphatic heterocycles. The zero-order valence-corrected chi connectivity index (χ0v) is 15.8. The maximum atomic E-state index is 12.0. The van der Waals surface area contributed by atoms with Crippen molar-refractivity contribution in [2.75, 3.05) is 53.0 Å². The number of carbonyl (C=O) groups excluding carboxylic acids is 1. The van der Waals surface area contributed by atoms with Crippen LogP contribution in [0.15, 0.2) is 24.5 Å². The molecule has 0 unspecified atom stereocenters. The van der Waals surface area contributed by atoms with Crippen molar-refractivity contribution in [1.29, 1.82) is 0 Å². The molecule has 3 rings (SSSR count). The van der Waals surface area contributed by atoms with Gasteiger partial charge in [-0.1, -0.05) is 6.07 Å². The number of amides is 1. The lowest BCUT2D eigenvalue weighted by atomic mass is 10.3. The third kappa shape index (κ3) is 5.03. The molecule has 0 spiro atoms. The highest BCUT2D eigenvalue weighted by molar-refractivity contribution is 5.77. The second-order valence-electron chi connectivity index (χ2n) is 6.90. The van der Waals surface area contributed by atoms with Crippen molar-refractivity contribution in [3.8, 4) is 0 Å². The van der Waals surface area contributed by atoms with Crippen molar-refractivity contribution in [1.82, 2.24) is 24.5 Å². The molecule has 2 aromatic heterocycles. The van der Waals surface area contributed by atoms with E-state index in [0.717, 1.165) is 50.5 Å². The van der Waals surface area contributed by atoms with Gasteiger partial charge in [-0.05, 0) is 25.0 Å². The summed E-state index contributed by atoms with van der Waals surface area (Å²) >= 11 is 0. The molecule has 26 heavy (non-hydrogen) atoms. The SMILES string of the molecule is COCCCNC(=O)CN1CCN(Cc2cn3cccc(C)c3n2)CC1. The number of pyridine rings is 1. The smallest absolute Gasteiger partial charge is 0.234 e. The summed E-state index contributed by atoms with van der Waals surface area (Å²) in [5.74, 6) is 0.102. The quantitative estimate of drug-likeness (QED) is 0.710. The Morgan fingerprint density at radius 3 is 2.77 bits per heavy atom. The molecule has 142 valence electrons. The number of imidazole rings is 1. The van der Waals surface area contributed by atoms with Gasteiger partial charge < -0.3 is 14.5 Å². The van der Waals surface area contributed by atoms with Crippen LogP contribution in [0.2, 0.25) is 0 Å². The molecule has 1 amide bonds. The van der Waals surface area contributed by atoms with Gasteiger partial charge in [-0.3, -0.25) is 14.6 Å². The fraction of sp³-hybridized carbons (Fsp3) is 0.579. The Bertz CT molecular complexity index is 722. The van der Waals surface area contributed by atoms with E-state index in [-0.39, 0.29) is 5.91 Å². The normalized spacial score (nSPS) is 16.2. The lowest BCUT2D eigenvalue weighted by Gasteiger charge is -2.33. The summed E-state index contributed by atoms with van der Waals surface area (Å²) in [4.78, 5) is 21.3. The summed E-state index contributed by atoms with van der Waals surface area (Å²) in [5.41, 5.74) is 3.33. The number of nitrogens with zero attached hydrogens (tertiary/aromatic N) is 4. The van der Waals surface area contributed by atoms with Gasteiger partial charge in [0.05, 0.1) is 12.2 Å². The van der Waals surface area contributed by atoms with Gasteiger partial charge in [-0.2, -0.15) is 0 Å². The molecular formula is C19H29N5O2. The predicted molar refractivity (Wildman–Crippen MR) is 101 cm³/mol. The van der Waals surface area contributed by atoms with Crippen LogP contribution in [0.25, 0.3) is 5.65 Å². The van der Waals surface area contributed by atoms with Gasteiger partial charge in [-0.15, -0.1) is 0 Å². The van der Waals surface area contributed by atoms with E-state index in [2.05, 4.69) is 38.7 Å². The van der Waals surface area contributed by atoms with Crippen LogP contribution in [0.3, 0.4) is 0 Å². The number of hydrogen-bond acceptors (Lipinski definition) is 5. The summed E-state index contributed by atoms with van der Waals surface area (Å²) in [6.45, 7) is 8.54. The third-order valence-electron chi connectivity index (χ3n) is 4.79. The summed E-state index contributed by atoms with van der Waals surface area (Å²) in [6.07, 6.45) is 5.01. The van der Waals surface area contributed by atoms with E-state index in [4.69, 9.17) is 9.72 Å². The Morgan fingerprint density at radius 1 is 1.27 bits per heavy atom. The molecule has 1 N–H and O–H groups in total. The van der Waals surface area contributed by atoms with Crippen molar-refractivity contribution in [2.45, 2.75) is 19.9 Å². The van der Waals surface area contributed by atoms with Crippen molar-refractivity contribution < 1.29 is 9.53 Å². The molecule has 7 heteroatoms. The first-order valence-electron chi connectivity index (χ1n) is 9.29. The first-order chi connectivity index (χ1) is 12.7. The van der Waals surface area contributed by atoms with Gasteiger partial charge in [0.2, 0.25) is 5.91 Å². The lowest BCUT2D eigenvalue weighted by molar-refractivity contribution is -0.122. The summed E-state index contributed by atoms with van der Waals surface area (Å²) in [6, 6.07) is 4.14. The van der Waals surface area contributed by atoms with Gasteiger partial charge in [0.15, 0.2) is 0 Å². The van der Waals surface area contributed by atoms with E-state index in [1.165, 1.54) is 5.56 Å². The van der Waals surface area contributed by atoms with Crippen LogP contribution in [-0.4, -0.2) is 78.1 Å². The number of hydrogen-bond donors (Lipinski definition) is 1. The van der Waals surface area contributed by atoms with E-state index in [0.29, 0.717) is 19.7 Å². The Balaban J connectivity index is 1.42. The second kappa shape index (κ2) is 9.12. The molecular weight excluding hydrogens is 330 g/mol. The largest absolute Gasteiger partial charge is 0.385 e. The maximum absolute atomic E-state index is 12.0. The fourth-order valence-corrected chi connectivity index (χ4v) is 3.32. The Hall–Kier alpha value is -1.96. The zero-order valence-electron chi connectivity index (χ0n) is 15.8. The van der Waals surface area contributed by atoms with E-state index in [1.807, 2.05) is 12.3 Å². The van der Waals surface area contributed by atoms with Crippen LogP contribution in [0.4, 0.5) is 0 Å². The highest BCUT2D eigenvalue weighted by Gasteiger charge is 2.19. The van der Waals surface area contributed by atoms with Crippen LogP contribution in [0, 0.1) is 6.92 Å². The summed E-state index contributed by atoms with van der Waals surface area (Å²) < 4.78 is 7.08. The molecule has 7 nitrogen and oxygen atoms in total. The van der Waals surface area contributed by atoms with E-state index in [1.54, 1.807) is 7.11 Å². The van der Waals surface area contributed by atoms with Gasteiger partial charge in [0, 0.05) is 65.4 Å². The van der Waals surface area contributed by atoms with Gasteiger partial charge >= 0.3 is 0 Å². The molecule has 1 saturated heterocycles. The molecule has 0 aliphatic carbocycles. The summed E-state index contributed by atoms with van der Waals surface area (Å²) in [5, 5.41) is 2.95. The van der Waals surface area contributed by atoms with Crippen LogP contribution < -0.4 is 5.32 Å². The highest BCUT2D eigenvalue weighted by Crippen LogP contribution is 2.12. The molecule has 2 aromatic rings. The predicted octanol–water partition coefficient (Wildman–Crippen LogP) is 0.913. The van der Waals surface area contributed by atoms with Crippen molar-refractivity contribution in [3.05, 3.63) is 35.8 Å². The maximum Gasteiger partial charge on any atom is 0.234 e. The van der Waals surface area contributed by atoms with E-state index >= 15 is 0 Å². The minimum atomic E-state index is 0.102. The molecule has 0 bridgehead atoms. The van der Waals surface area contributed by atoms with Gasteiger partial charge in [0.1, 0.15) is 5.65 Å². The van der Waals surface area contributed by atoms with Crippen LogP contribution >= 0.6 is 0 Å². The number of fused-ring (bicyclic) bond motifs is 1. The number of aromatic nitrogens is 2. The van der Waals surface area contributed by atoms with E-state index < -0.39 is 0 Å². The highest BCUT2D eigenvalue weighted by atomic mass is 16.5. The summed E-state index contributed by atoms with van der Waals surface area (Å²) in [7, 11) is 1.68. The Kier molecular flexibility index (Phi) is 6.60. The molecule has 0 radical (unpaired) electrons. The first kappa shape index (κ1) is 18.8. The van der Waals surface area contributed by atoms with E-state index in [9.17, 15) is 4.79 Å². The average molecular weight is 359 g/mol. The van der Waals surface area contributed by atoms with Crippen molar-refractivity contribution >= 4 is 11.6 Å². The number of methoxy groups -OCH3 is 1. The van der Waals surface area contributed by atoms with Gasteiger partial charge in [0.25, 0.3) is 0 Å².